The number of hydrogen-bond acceptors (Lipinski definition) is 4. The Balaban J connectivity index is 2.21. The number of esters is 2. The van der Waals surface area contributed by atoms with Crippen molar-refractivity contribution in [3.05, 3.63) is 35.4 Å². The standard InChI is InChI=1S/C27H44O4/c1-4-5-6-16-21-30-26(28)24-19-14-15-20-25(24)27(29)31-22-17-12-10-8-7-9-11-13-18-23(2)3/h14-15,19-20,23H,4-13,16-18,21-22H2,1-3H3. The van der Waals surface area contributed by atoms with Gasteiger partial charge in [0.25, 0.3) is 0 Å². The zero-order valence-electron chi connectivity index (χ0n) is 20.1. The van der Waals surface area contributed by atoms with E-state index < -0.39 is 11.9 Å². The highest BCUT2D eigenvalue weighted by Gasteiger charge is 2.18. The number of unbranched alkanes of at least 4 members (excludes halogenated alkanes) is 10. The number of carbonyl (C=O) groups is 2. The largest absolute Gasteiger partial charge is 0.462 e. The van der Waals surface area contributed by atoms with Crippen LogP contribution >= 0.6 is 0 Å². The monoisotopic (exact) mass is 432 g/mol. The van der Waals surface area contributed by atoms with Gasteiger partial charge in [-0.25, -0.2) is 9.59 Å². The van der Waals surface area contributed by atoms with Crippen molar-refractivity contribution in [2.24, 2.45) is 5.92 Å². The Kier molecular flexibility index (Phi) is 15.6. The Hall–Kier alpha value is -1.84. The molecule has 1 aromatic rings. The number of rotatable bonds is 18. The van der Waals surface area contributed by atoms with E-state index in [1.54, 1.807) is 24.3 Å². The second-order valence-electron chi connectivity index (χ2n) is 8.89. The number of benzene rings is 1. The van der Waals surface area contributed by atoms with Crippen LogP contribution in [0.1, 0.15) is 125 Å². The van der Waals surface area contributed by atoms with Gasteiger partial charge in [-0.2, -0.15) is 0 Å². The van der Waals surface area contributed by atoms with E-state index in [0.717, 1.165) is 44.4 Å². The molecular weight excluding hydrogens is 388 g/mol. The van der Waals surface area contributed by atoms with Crippen LogP contribution in [0.4, 0.5) is 0 Å². The normalized spacial score (nSPS) is 11.0. The summed E-state index contributed by atoms with van der Waals surface area (Å²) in [6.45, 7) is 7.50. The molecule has 0 saturated heterocycles. The van der Waals surface area contributed by atoms with Crippen molar-refractivity contribution in [3.63, 3.8) is 0 Å². The first-order valence-corrected chi connectivity index (χ1v) is 12.5. The quantitative estimate of drug-likeness (QED) is 0.176. The molecule has 0 aliphatic carbocycles. The maximum Gasteiger partial charge on any atom is 0.339 e. The van der Waals surface area contributed by atoms with Gasteiger partial charge in [-0.3, -0.25) is 0 Å². The second-order valence-corrected chi connectivity index (χ2v) is 8.89. The van der Waals surface area contributed by atoms with Gasteiger partial charge in [-0.1, -0.05) is 104 Å². The Labute approximate surface area is 190 Å². The zero-order valence-corrected chi connectivity index (χ0v) is 20.1. The van der Waals surface area contributed by atoms with Gasteiger partial charge in [0, 0.05) is 0 Å². The van der Waals surface area contributed by atoms with Gasteiger partial charge in [0.1, 0.15) is 0 Å². The molecule has 0 spiro atoms. The van der Waals surface area contributed by atoms with Crippen LogP contribution in [0.3, 0.4) is 0 Å². The molecule has 4 heteroatoms. The maximum absolute atomic E-state index is 12.4. The Morgan fingerprint density at radius 2 is 1.10 bits per heavy atom. The summed E-state index contributed by atoms with van der Waals surface area (Å²) in [6.07, 6.45) is 15.2. The minimum atomic E-state index is -0.447. The first-order chi connectivity index (χ1) is 15.1. The van der Waals surface area contributed by atoms with Crippen LogP contribution in [0.5, 0.6) is 0 Å². The summed E-state index contributed by atoms with van der Waals surface area (Å²) in [5.74, 6) is -0.0722. The third kappa shape index (κ3) is 13.2. The van der Waals surface area contributed by atoms with Crippen LogP contribution in [-0.4, -0.2) is 25.2 Å². The third-order valence-electron chi connectivity index (χ3n) is 5.51. The van der Waals surface area contributed by atoms with Crippen LogP contribution in [-0.2, 0) is 9.47 Å². The summed E-state index contributed by atoms with van der Waals surface area (Å²) in [5.41, 5.74) is 0.586. The summed E-state index contributed by atoms with van der Waals surface area (Å²) in [4.78, 5) is 24.8. The molecule has 0 bridgehead atoms. The molecule has 0 N–H and O–H groups in total. The van der Waals surface area contributed by atoms with Gasteiger partial charge < -0.3 is 9.47 Å². The van der Waals surface area contributed by atoms with Crippen LogP contribution < -0.4 is 0 Å². The van der Waals surface area contributed by atoms with E-state index in [9.17, 15) is 9.59 Å². The number of ether oxygens (including phenoxy) is 2. The van der Waals surface area contributed by atoms with Crippen LogP contribution in [0.15, 0.2) is 24.3 Å². The summed E-state index contributed by atoms with van der Waals surface area (Å²) in [6, 6.07) is 6.75. The first kappa shape index (κ1) is 27.2. The zero-order chi connectivity index (χ0) is 22.7. The molecule has 176 valence electrons. The van der Waals surface area contributed by atoms with E-state index in [1.807, 2.05) is 0 Å². The van der Waals surface area contributed by atoms with Gasteiger partial charge in [-0.15, -0.1) is 0 Å². The summed E-state index contributed by atoms with van der Waals surface area (Å²) >= 11 is 0. The van der Waals surface area contributed by atoms with Crippen LogP contribution in [0.2, 0.25) is 0 Å². The fraction of sp³-hybridized carbons (Fsp3) is 0.704. The van der Waals surface area contributed by atoms with Gasteiger partial charge in [0.2, 0.25) is 0 Å². The van der Waals surface area contributed by atoms with E-state index in [4.69, 9.17) is 9.47 Å². The molecule has 0 atom stereocenters. The highest BCUT2D eigenvalue weighted by molar-refractivity contribution is 6.03. The lowest BCUT2D eigenvalue weighted by atomic mass is 10.0. The minimum absolute atomic E-state index is 0.292. The van der Waals surface area contributed by atoms with Crippen molar-refractivity contribution >= 4 is 11.9 Å². The van der Waals surface area contributed by atoms with Crippen LogP contribution in [0, 0.1) is 5.92 Å². The maximum atomic E-state index is 12.4. The molecule has 0 radical (unpaired) electrons. The van der Waals surface area contributed by atoms with Crippen molar-refractivity contribution < 1.29 is 19.1 Å². The SMILES string of the molecule is CCCCCCOC(=O)c1ccccc1C(=O)OCCCCCCCCCCC(C)C. The first-order valence-electron chi connectivity index (χ1n) is 12.5. The molecule has 0 heterocycles. The topological polar surface area (TPSA) is 52.6 Å². The van der Waals surface area contributed by atoms with Crippen molar-refractivity contribution in [1.82, 2.24) is 0 Å². The third-order valence-corrected chi connectivity index (χ3v) is 5.51. The number of carbonyl (C=O) groups excluding carboxylic acids is 2. The molecule has 0 saturated carbocycles. The highest BCUT2D eigenvalue weighted by atomic mass is 16.5. The summed E-state index contributed by atoms with van der Waals surface area (Å²) < 4.78 is 10.7. The van der Waals surface area contributed by atoms with Gasteiger partial charge in [0.05, 0.1) is 24.3 Å². The lowest BCUT2D eigenvalue weighted by Gasteiger charge is -2.10. The van der Waals surface area contributed by atoms with E-state index in [2.05, 4.69) is 20.8 Å². The average Bonchev–Trinajstić information content (AvgIpc) is 2.76. The number of hydrogen-bond donors (Lipinski definition) is 0. The molecule has 0 fully saturated rings. The van der Waals surface area contributed by atoms with E-state index >= 15 is 0 Å². The highest BCUT2D eigenvalue weighted by Crippen LogP contribution is 2.15. The summed E-state index contributed by atoms with van der Waals surface area (Å²) in [7, 11) is 0. The van der Waals surface area contributed by atoms with Gasteiger partial charge in [0.15, 0.2) is 0 Å². The van der Waals surface area contributed by atoms with E-state index in [-0.39, 0.29) is 0 Å². The molecule has 0 amide bonds. The predicted octanol–water partition coefficient (Wildman–Crippen LogP) is 7.75. The van der Waals surface area contributed by atoms with Crippen molar-refractivity contribution in [2.75, 3.05) is 13.2 Å². The molecule has 1 aromatic carbocycles. The Morgan fingerprint density at radius 1 is 0.677 bits per heavy atom. The predicted molar refractivity (Wildman–Crippen MR) is 128 cm³/mol. The molecule has 1 rings (SSSR count). The second kappa shape index (κ2) is 17.8. The lowest BCUT2D eigenvalue weighted by Crippen LogP contribution is -2.15. The molecule has 0 aromatic heterocycles. The molecule has 4 nitrogen and oxygen atoms in total. The van der Waals surface area contributed by atoms with Gasteiger partial charge in [-0.05, 0) is 30.9 Å². The lowest BCUT2D eigenvalue weighted by molar-refractivity contribution is 0.0450. The fourth-order valence-corrected chi connectivity index (χ4v) is 3.57. The fourth-order valence-electron chi connectivity index (χ4n) is 3.57. The molecular formula is C27H44O4. The van der Waals surface area contributed by atoms with Crippen molar-refractivity contribution in [2.45, 2.75) is 104 Å². The Bertz CT molecular complexity index is 609. The molecule has 0 aliphatic heterocycles. The summed E-state index contributed by atoms with van der Waals surface area (Å²) in [5, 5.41) is 0. The molecule has 0 aliphatic rings. The molecule has 0 unspecified atom stereocenters. The minimum Gasteiger partial charge on any atom is -0.462 e. The van der Waals surface area contributed by atoms with Crippen LogP contribution in [0.25, 0.3) is 0 Å². The van der Waals surface area contributed by atoms with Crippen molar-refractivity contribution in [1.29, 1.82) is 0 Å². The average molecular weight is 433 g/mol. The van der Waals surface area contributed by atoms with E-state index in [0.29, 0.717) is 24.3 Å². The molecule has 31 heavy (non-hydrogen) atoms. The smallest absolute Gasteiger partial charge is 0.339 e. The van der Waals surface area contributed by atoms with E-state index in [1.165, 1.54) is 44.9 Å². The van der Waals surface area contributed by atoms with Crippen molar-refractivity contribution in [3.8, 4) is 0 Å². The Morgan fingerprint density at radius 3 is 1.55 bits per heavy atom. The van der Waals surface area contributed by atoms with Gasteiger partial charge >= 0.3 is 11.9 Å².